The van der Waals surface area contributed by atoms with E-state index in [-0.39, 0.29) is 16.4 Å². The maximum Gasteiger partial charge on any atom is 0.337 e. The van der Waals surface area contributed by atoms with Gasteiger partial charge in [0.2, 0.25) is 0 Å². The van der Waals surface area contributed by atoms with Crippen LogP contribution in [0.15, 0.2) is 45.6 Å². The molecule has 0 aliphatic carbocycles. The topological polar surface area (TPSA) is 72.2 Å². The molecule has 9 heteroatoms. The van der Waals surface area contributed by atoms with E-state index in [0.717, 1.165) is 6.07 Å². The molecule has 174 valence electrons. The number of anilines is 2. The fraction of sp³-hybridized carbons (Fsp3) is 0.333. The Bertz CT molecular complexity index is 1230. The lowest BCUT2D eigenvalue weighted by Crippen LogP contribution is -2.36. The van der Waals surface area contributed by atoms with Gasteiger partial charge in [-0.15, -0.1) is 0 Å². The van der Waals surface area contributed by atoms with Crippen LogP contribution in [0.4, 0.5) is 20.4 Å². The summed E-state index contributed by atoms with van der Waals surface area (Å²) in [5.74, 6) is -1.63. The van der Waals surface area contributed by atoms with Crippen molar-refractivity contribution in [2.45, 2.75) is 13.0 Å². The fourth-order valence-electron chi connectivity index (χ4n) is 3.93. The lowest BCUT2D eigenvalue weighted by atomic mass is 9.99. The average molecular weight is 458 g/mol. The number of esters is 1. The highest BCUT2D eigenvalue weighted by molar-refractivity contribution is 5.95. The Kier molecular flexibility index (Phi) is 6.33. The second kappa shape index (κ2) is 9.19. The van der Waals surface area contributed by atoms with Crippen molar-refractivity contribution in [3.05, 3.63) is 69.4 Å². The molecule has 0 spiro atoms. The molecule has 1 aliphatic heterocycles. The first-order chi connectivity index (χ1) is 15.8. The van der Waals surface area contributed by atoms with Crippen LogP contribution >= 0.6 is 0 Å². The second-order valence-corrected chi connectivity index (χ2v) is 7.90. The molecule has 1 atom stereocenters. The Balaban J connectivity index is 1.88. The molecule has 7 nitrogen and oxygen atoms in total. The summed E-state index contributed by atoms with van der Waals surface area (Å²) < 4.78 is 44.1. The van der Waals surface area contributed by atoms with Crippen molar-refractivity contribution < 1.29 is 27.5 Å². The Labute approximate surface area is 189 Å². The third-order valence-corrected chi connectivity index (χ3v) is 5.87. The van der Waals surface area contributed by atoms with Crippen LogP contribution in [-0.2, 0) is 9.47 Å². The van der Waals surface area contributed by atoms with Crippen molar-refractivity contribution in [1.29, 1.82) is 0 Å². The van der Waals surface area contributed by atoms with Gasteiger partial charge in [-0.05, 0) is 31.2 Å². The summed E-state index contributed by atoms with van der Waals surface area (Å²) in [7, 11) is 2.92. The first kappa shape index (κ1) is 22.7. The van der Waals surface area contributed by atoms with Gasteiger partial charge in [-0.1, -0.05) is 0 Å². The zero-order valence-electron chi connectivity index (χ0n) is 18.6. The van der Waals surface area contributed by atoms with Gasteiger partial charge >= 0.3 is 5.97 Å². The summed E-state index contributed by atoms with van der Waals surface area (Å²) in [6.07, 6.45) is 0. The van der Waals surface area contributed by atoms with Crippen LogP contribution in [0.25, 0.3) is 11.0 Å². The molecule has 0 saturated carbocycles. The molecule has 1 unspecified atom stereocenters. The van der Waals surface area contributed by atoms with E-state index in [1.54, 1.807) is 24.9 Å². The van der Waals surface area contributed by atoms with Gasteiger partial charge in [-0.25, -0.2) is 13.6 Å². The van der Waals surface area contributed by atoms with E-state index in [0.29, 0.717) is 49.0 Å². The molecule has 1 aliphatic rings. The second-order valence-electron chi connectivity index (χ2n) is 7.90. The minimum atomic E-state index is -0.710. The fourth-order valence-corrected chi connectivity index (χ4v) is 3.93. The minimum absolute atomic E-state index is 0.178. The highest BCUT2D eigenvalue weighted by Gasteiger charge is 2.24. The van der Waals surface area contributed by atoms with Crippen LogP contribution in [0.2, 0.25) is 0 Å². The third kappa shape index (κ3) is 4.54. The van der Waals surface area contributed by atoms with Gasteiger partial charge < -0.3 is 23.7 Å². The largest absolute Gasteiger partial charge is 0.465 e. The molecule has 0 amide bonds. The van der Waals surface area contributed by atoms with E-state index >= 15 is 0 Å². The molecule has 3 aromatic rings. The van der Waals surface area contributed by atoms with Gasteiger partial charge in [0.05, 0.1) is 37.3 Å². The Morgan fingerprint density at radius 1 is 1.09 bits per heavy atom. The number of morpholine rings is 1. The molecular weight excluding hydrogens is 434 g/mol. The minimum Gasteiger partial charge on any atom is -0.465 e. The van der Waals surface area contributed by atoms with Gasteiger partial charge in [0.1, 0.15) is 17.2 Å². The van der Waals surface area contributed by atoms with E-state index < -0.39 is 23.6 Å². The SMILES string of the molecule is COC(=O)c1cc(C(C)N(C)c2cc(F)cc(F)c2)c2oc(N3CCOCC3)cc(=O)c2c1. The van der Waals surface area contributed by atoms with Crippen molar-refractivity contribution in [2.24, 2.45) is 0 Å². The van der Waals surface area contributed by atoms with E-state index in [4.69, 9.17) is 13.9 Å². The normalized spacial score (nSPS) is 14.9. The summed E-state index contributed by atoms with van der Waals surface area (Å²) in [5, 5.41) is 0.218. The third-order valence-electron chi connectivity index (χ3n) is 5.87. The Hall–Kier alpha value is -3.46. The zero-order chi connectivity index (χ0) is 23.7. The molecule has 1 aromatic heterocycles. The number of benzene rings is 2. The average Bonchev–Trinajstić information content (AvgIpc) is 2.82. The Morgan fingerprint density at radius 3 is 2.39 bits per heavy atom. The number of ether oxygens (including phenoxy) is 2. The lowest BCUT2D eigenvalue weighted by Gasteiger charge is -2.29. The standard InChI is InChI=1S/C24H24F2N2O5/c1-14(27(2)18-11-16(25)10-17(26)12-18)19-8-15(24(30)31-3)9-20-21(29)13-22(33-23(19)20)28-4-6-32-7-5-28/h8-14H,4-7H2,1-3H3. The van der Waals surface area contributed by atoms with Crippen LogP contribution < -0.4 is 15.2 Å². The number of hydrogen-bond acceptors (Lipinski definition) is 7. The summed E-state index contributed by atoms with van der Waals surface area (Å²) in [6, 6.07) is 7.12. The number of hydrogen-bond donors (Lipinski definition) is 0. The van der Waals surface area contributed by atoms with Crippen LogP contribution in [0.3, 0.4) is 0 Å². The van der Waals surface area contributed by atoms with Crippen molar-refractivity contribution in [3.63, 3.8) is 0 Å². The van der Waals surface area contributed by atoms with Crippen molar-refractivity contribution in [2.75, 3.05) is 50.3 Å². The van der Waals surface area contributed by atoms with E-state index in [9.17, 15) is 18.4 Å². The summed E-state index contributed by atoms with van der Waals surface area (Å²) in [4.78, 5) is 28.9. The zero-order valence-corrected chi connectivity index (χ0v) is 18.6. The molecule has 4 rings (SSSR count). The van der Waals surface area contributed by atoms with Gasteiger partial charge in [-0.3, -0.25) is 4.79 Å². The molecule has 33 heavy (non-hydrogen) atoms. The van der Waals surface area contributed by atoms with Crippen LogP contribution in [0, 0.1) is 11.6 Å². The number of methoxy groups -OCH3 is 1. The van der Waals surface area contributed by atoms with Gasteiger partial charge in [-0.2, -0.15) is 0 Å². The van der Waals surface area contributed by atoms with Crippen LogP contribution in [0.5, 0.6) is 0 Å². The summed E-state index contributed by atoms with van der Waals surface area (Å²) in [5.41, 5.74) is 0.969. The monoisotopic (exact) mass is 458 g/mol. The molecule has 2 aromatic carbocycles. The van der Waals surface area contributed by atoms with Crippen molar-refractivity contribution in [3.8, 4) is 0 Å². The maximum absolute atomic E-state index is 13.8. The van der Waals surface area contributed by atoms with Crippen LogP contribution in [0.1, 0.15) is 28.9 Å². The van der Waals surface area contributed by atoms with Crippen molar-refractivity contribution >= 4 is 28.5 Å². The van der Waals surface area contributed by atoms with Gasteiger partial charge in [0, 0.05) is 43.5 Å². The number of nitrogens with zero attached hydrogens (tertiary/aromatic N) is 2. The highest BCUT2D eigenvalue weighted by atomic mass is 19.1. The van der Waals surface area contributed by atoms with Gasteiger partial charge in [0.15, 0.2) is 11.3 Å². The predicted molar refractivity (Wildman–Crippen MR) is 120 cm³/mol. The molecule has 0 N–H and O–H groups in total. The maximum atomic E-state index is 13.8. The molecule has 0 radical (unpaired) electrons. The smallest absolute Gasteiger partial charge is 0.337 e. The number of rotatable bonds is 5. The first-order valence-corrected chi connectivity index (χ1v) is 10.5. The first-order valence-electron chi connectivity index (χ1n) is 10.5. The Morgan fingerprint density at radius 2 is 1.76 bits per heavy atom. The summed E-state index contributed by atoms with van der Waals surface area (Å²) in [6.45, 7) is 3.96. The molecule has 1 fully saturated rings. The molecule has 2 heterocycles. The molecule has 0 bridgehead atoms. The van der Waals surface area contributed by atoms with E-state index in [1.807, 2.05) is 4.90 Å². The van der Waals surface area contributed by atoms with E-state index in [1.165, 1.54) is 31.4 Å². The quantitative estimate of drug-likeness (QED) is 0.537. The molecular formula is C24H24F2N2O5. The van der Waals surface area contributed by atoms with Gasteiger partial charge in [0.25, 0.3) is 0 Å². The van der Waals surface area contributed by atoms with E-state index in [2.05, 4.69) is 0 Å². The number of halogens is 2. The van der Waals surface area contributed by atoms with Crippen LogP contribution in [-0.4, -0.2) is 46.4 Å². The highest BCUT2D eigenvalue weighted by Crippen LogP contribution is 2.33. The molecule has 1 saturated heterocycles. The lowest BCUT2D eigenvalue weighted by molar-refractivity contribution is 0.0600. The number of carbonyl (C=O) groups excluding carboxylic acids is 1. The predicted octanol–water partition coefficient (Wildman–Crippen LogP) is 3.89. The van der Waals surface area contributed by atoms with Crippen molar-refractivity contribution in [1.82, 2.24) is 0 Å². The number of carbonyl (C=O) groups is 1. The number of fused-ring (bicyclic) bond motifs is 1. The summed E-state index contributed by atoms with van der Waals surface area (Å²) >= 11 is 0.